The molecule has 0 spiro atoms. The average Bonchev–Trinajstić information content (AvgIpc) is 2.56. The lowest BCUT2D eigenvalue weighted by atomic mass is 10.2. The largest absolute Gasteiger partial charge is 0.483 e. The minimum atomic E-state index is -0.562. The molecule has 2 amide bonds. The fourth-order valence-corrected chi connectivity index (χ4v) is 2.38. The quantitative estimate of drug-likeness (QED) is 0.906. The number of fused-ring (bicyclic) bond motifs is 1. The van der Waals surface area contributed by atoms with Crippen LogP contribution in [0.3, 0.4) is 0 Å². The number of aryl methyl sites for hydroxylation is 1. The number of nitrogens with one attached hydrogen (secondary N) is 2. The van der Waals surface area contributed by atoms with E-state index in [9.17, 15) is 9.59 Å². The van der Waals surface area contributed by atoms with Gasteiger partial charge >= 0.3 is 0 Å². The van der Waals surface area contributed by atoms with Gasteiger partial charge in [-0.15, -0.1) is 0 Å². The Labute approximate surface area is 139 Å². The van der Waals surface area contributed by atoms with Crippen LogP contribution in [0.5, 0.6) is 11.5 Å². The minimum absolute atomic E-state index is 0.125. The van der Waals surface area contributed by atoms with Crippen molar-refractivity contribution in [3.05, 3.63) is 48.0 Å². The van der Waals surface area contributed by atoms with Crippen molar-refractivity contribution in [2.75, 3.05) is 17.2 Å². The van der Waals surface area contributed by atoms with Crippen LogP contribution in [-0.2, 0) is 9.59 Å². The van der Waals surface area contributed by atoms with Gasteiger partial charge in [-0.1, -0.05) is 24.3 Å². The molecule has 1 aliphatic heterocycles. The number of carbonyl (C=O) groups is 2. The summed E-state index contributed by atoms with van der Waals surface area (Å²) in [5.74, 6) is 0.618. The predicted octanol–water partition coefficient (Wildman–Crippen LogP) is 2.73. The van der Waals surface area contributed by atoms with Crippen molar-refractivity contribution in [3.63, 3.8) is 0 Å². The highest BCUT2D eigenvalue weighted by molar-refractivity contribution is 6.04. The highest BCUT2D eigenvalue weighted by Crippen LogP contribution is 2.36. The number of amides is 2. The summed E-state index contributed by atoms with van der Waals surface area (Å²) < 4.78 is 11.0. The Morgan fingerprint density at radius 1 is 1.25 bits per heavy atom. The Hall–Kier alpha value is -3.02. The molecular weight excluding hydrogens is 308 g/mol. The second-order valence-corrected chi connectivity index (χ2v) is 5.53. The Morgan fingerprint density at radius 3 is 2.83 bits per heavy atom. The first-order valence-electron chi connectivity index (χ1n) is 7.63. The molecule has 124 valence electrons. The van der Waals surface area contributed by atoms with E-state index in [2.05, 4.69) is 10.6 Å². The number of anilines is 2. The lowest BCUT2D eigenvalue weighted by Gasteiger charge is -2.25. The number of hydrogen-bond donors (Lipinski definition) is 2. The van der Waals surface area contributed by atoms with E-state index < -0.39 is 6.10 Å². The maximum Gasteiger partial charge on any atom is 0.265 e. The van der Waals surface area contributed by atoms with Gasteiger partial charge in [0.15, 0.2) is 12.7 Å². The molecule has 0 saturated carbocycles. The zero-order valence-electron chi connectivity index (χ0n) is 13.5. The van der Waals surface area contributed by atoms with Gasteiger partial charge in [-0.25, -0.2) is 0 Å². The van der Waals surface area contributed by atoms with Crippen molar-refractivity contribution in [2.24, 2.45) is 0 Å². The van der Waals surface area contributed by atoms with Gasteiger partial charge in [-0.2, -0.15) is 0 Å². The minimum Gasteiger partial charge on any atom is -0.483 e. The molecule has 0 radical (unpaired) electrons. The van der Waals surface area contributed by atoms with Gasteiger partial charge in [-0.05, 0) is 37.6 Å². The van der Waals surface area contributed by atoms with Gasteiger partial charge in [-0.3, -0.25) is 9.59 Å². The van der Waals surface area contributed by atoms with Crippen molar-refractivity contribution in [1.29, 1.82) is 0 Å². The monoisotopic (exact) mass is 326 g/mol. The molecule has 0 aliphatic carbocycles. The summed E-state index contributed by atoms with van der Waals surface area (Å²) in [4.78, 5) is 23.9. The first kappa shape index (κ1) is 15.9. The maximum atomic E-state index is 12.1. The van der Waals surface area contributed by atoms with E-state index in [4.69, 9.17) is 9.47 Å². The molecule has 0 aromatic heterocycles. The van der Waals surface area contributed by atoms with Crippen LogP contribution < -0.4 is 20.1 Å². The van der Waals surface area contributed by atoms with E-state index in [0.29, 0.717) is 22.9 Å². The van der Waals surface area contributed by atoms with Crippen LogP contribution >= 0.6 is 0 Å². The summed E-state index contributed by atoms with van der Waals surface area (Å²) in [6.07, 6.45) is -0.562. The highest BCUT2D eigenvalue weighted by atomic mass is 16.5. The summed E-state index contributed by atoms with van der Waals surface area (Å²) in [6, 6.07) is 12.7. The third-order valence-electron chi connectivity index (χ3n) is 3.67. The Morgan fingerprint density at radius 2 is 2.04 bits per heavy atom. The number of carbonyl (C=O) groups excluding carboxylic acids is 2. The number of rotatable bonds is 4. The summed E-state index contributed by atoms with van der Waals surface area (Å²) in [5.41, 5.74) is 1.90. The van der Waals surface area contributed by atoms with Crippen LogP contribution in [0, 0.1) is 6.92 Å². The Balaban J connectivity index is 1.68. The summed E-state index contributed by atoms with van der Waals surface area (Å²) in [5, 5.41) is 5.48. The predicted molar refractivity (Wildman–Crippen MR) is 90.5 cm³/mol. The van der Waals surface area contributed by atoms with E-state index in [-0.39, 0.29) is 18.4 Å². The van der Waals surface area contributed by atoms with E-state index in [1.165, 1.54) is 0 Å². The van der Waals surface area contributed by atoms with Crippen LogP contribution in [0.15, 0.2) is 42.5 Å². The van der Waals surface area contributed by atoms with Crippen LogP contribution in [-0.4, -0.2) is 24.5 Å². The maximum absolute atomic E-state index is 12.1. The Kier molecular flexibility index (Phi) is 4.37. The molecular formula is C18H18N2O4. The highest BCUT2D eigenvalue weighted by Gasteiger charge is 2.25. The smallest absolute Gasteiger partial charge is 0.265 e. The van der Waals surface area contributed by atoms with Crippen molar-refractivity contribution in [3.8, 4) is 11.5 Å². The topological polar surface area (TPSA) is 76.7 Å². The zero-order valence-corrected chi connectivity index (χ0v) is 13.5. The average molecular weight is 326 g/mol. The van der Waals surface area contributed by atoms with E-state index in [1.54, 1.807) is 25.1 Å². The second-order valence-electron chi connectivity index (χ2n) is 5.53. The van der Waals surface area contributed by atoms with Crippen molar-refractivity contribution < 1.29 is 19.1 Å². The number of benzene rings is 2. The normalized spacial score (nSPS) is 15.8. The molecule has 1 aliphatic rings. The zero-order chi connectivity index (χ0) is 17.1. The standard InChI is InChI=1S/C18H18N2O4/c1-11-6-3-4-8-14(11)23-10-16(21)19-13-7-5-9-15-17(13)20-18(22)12(2)24-15/h3-9,12H,10H2,1-2H3,(H,19,21)(H,20,22). The number of hydrogen-bond acceptors (Lipinski definition) is 4. The molecule has 0 fully saturated rings. The lowest BCUT2D eigenvalue weighted by molar-refractivity contribution is -0.122. The first-order chi connectivity index (χ1) is 11.5. The Bertz CT molecular complexity index is 788. The van der Waals surface area contributed by atoms with E-state index in [0.717, 1.165) is 5.56 Å². The van der Waals surface area contributed by atoms with Crippen LogP contribution in [0.4, 0.5) is 11.4 Å². The molecule has 6 heteroatoms. The molecule has 0 saturated heterocycles. The molecule has 2 aromatic rings. The van der Waals surface area contributed by atoms with Gasteiger partial charge in [0.25, 0.3) is 11.8 Å². The third kappa shape index (κ3) is 3.32. The van der Waals surface area contributed by atoms with Gasteiger partial charge < -0.3 is 20.1 Å². The fourth-order valence-electron chi connectivity index (χ4n) is 2.38. The first-order valence-corrected chi connectivity index (χ1v) is 7.63. The molecule has 2 N–H and O–H groups in total. The number of ether oxygens (including phenoxy) is 2. The molecule has 1 unspecified atom stereocenters. The van der Waals surface area contributed by atoms with Gasteiger partial charge in [0, 0.05) is 0 Å². The molecule has 24 heavy (non-hydrogen) atoms. The molecule has 0 bridgehead atoms. The van der Waals surface area contributed by atoms with Gasteiger partial charge in [0.1, 0.15) is 17.2 Å². The lowest BCUT2D eigenvalue weighted by Crippen LogP contribution is -2.35. The molecule has 3 rings (SSSR count). The van der Waals surface area contributed by atoms with E-state index in [1.807, 2.05) is 31.2 Å². The SMILES string of the molecule is Cc1ccccc1OCC(=O)Nc1cccc2c1NC(=O)C(C)O2. The van der Waals surface area contributed by atoms with E-state index >= 15 is 0 Å². The third-order valence-corrected chi connectivity index (χ3v) is 3.67. The fraction of sp³-hybridized carbons (Fsp3) is 0.222. The van der Waals surface area contributed by atoms with Gasteiger partial charge in [0.2, 0.25) is 0 Å². The summed E-state index contributed by atoms with van der Waals surface area (Å²) >= 11 is 0. The van der Waals surface area contributed by atoms with Gasteiger partial charge in [0.05, 0.1) is 5.69 Å². The molecule has 1 heterocycles. The summed E-state index contributed by atoms with van der Waals surface area (Å²) in [6.45, 7) is 3.45. The van der Waals surface area contributed by atoms with Crippen molar-refractivity contribution >= 4 is 23.2 Å². The van der Waals surface area contributed by atoms with Crippen molar-refractivity contribution in [2.45, 2.75) is 20.0 Å². The molecule has 6 nitrogen and oxygen atoms in total. The van der Waals surface area contributed by atoms with Crippen LogP contribution in [0.1, 0.15) is 12.5 Å². The van der Waals surface area contributed by atoms with Crippen LogP contribution in [0.2, 0.25) is 0 Å². The van der Waals surface area contributed by atoms with Crippen LogP contribution in [0.25, 0.3) is 0 Å². The van der Waals surface area contributed by atoms with Crippen molar-refractivity contribution in [1.82, 2.24) is 0 Å². The second kappa shape index (κ2) is 6.62. The summed E-state index contributed by atoms with van der Waals surface area (Å²) in [7, 11) is 0. The molecule has 1 atom stereocenters. The number of para-hydroxylation sites is 2. The molecule has 2 aromatic carbocycles.